The number of thiazole rings is 1. The molecule has 4 rings (SSSR count). The van der Waals surface area contributed by atoms with Crippen LogP contribution in [0.4, 0.5) is 10.2 Å². The number of carboxylic acids is 1. The van der Waals surface area contributed by atoms with Crippen molar-refractivity contribution in [2.45, 2.75) is 0 Å². The molecule has 7 nitrogen and oxygen atoms in total. The van der Waals surface area contributed by atoms with Crippen molar-refractivity contribution in [1.82, 2.24) is 14.5 Å². The Balaban J connectivity index is 0.00000210. The van der Waals surface area contributed by atoms with Gasteiger partial charge in [0.1, 0.15) is 5.56 Å². The van der Waals surface area contributed by atoms with Gasteiger partial charge < -0.3 is 10.0 Å². The summed E-state index contributed by atoms with van der Waals surface area (Å²) in [5.74, 6) is -0.0904. The van der Waals surface area contributed by atoms with Crippen LogP contribution in [-0.4, -0.2) is 50.2 Å². The van der Waals surface area contributed by atoms with Crippen LogP contribution in [0.15, 0.2) is 28.6 Å². The Morgan fingerprint density at radius 1 is 1.30 bits per heavy atom. The Morgan fingerprint density at radius 3 is 2.67 bits per heavy atom. The van der Waals surface area contributed by atoms with Crippen molar-refractivity contribution >= 4 is 58.3 Å². The Kier molecular flexibility index (Phi) is 5.68. The molecule has 3 aromatic heterocycles. The summed E-state index contributed by atoms with van der Waals surface area (Å²) in [6.45, 7) is 1.32. The molecule has 3 aromatic rings. The normalized spacial score (nSPS) is 14.2. The number of nitrogens with zero attached hydrogens (tertiary/aromatic N) is 4. The van der Waals surface area contributed by atoms with Gasteiger partial charge in [0.2, 0.25) is 5.43 Å². The molecule has 0 bridgehead atoms. The second kappa shape index (κ2) is 7.83. The van der Waals surface area contributed by atoms with Gasteiger partial charge in [0.25, 0.3) is 0 Å². The monoisotopic (exact) mass is 428 g/mol. The molecule has 0 amide bonds. The fourth-order valence-electron chi connectivity index (χ4n) is 2.84. The highest BCUT2D eigenvalue weighted by molar-refractivity contribution is 7.99. The SMILES string of the molecule is Cl.O=C(O)c1cn(-c2nccs2)c2nc(N3CCSCC3)c(F)cc2c1=O. The van der Waals surface area contributed by atoms with Gasteiger partial charge in [-0.3, -0.25) is 9.36 Å². The van der Waals surface area contributed by atoms with E-state index in [2.05, 4.69) is 9.97 Å². The van der Waals surface area contributed by atoms with Crippen molar-refractivity contribution in [3.05, 3.63) is 45.4 Å². The molecule has 1 saturated heterocycles. The molecule has 1 aliphatic rings. The van der Waals surface area contributed by atoms with E-state index in [0.717, 1.165) is 17.6 Å². The molecule has 1 fully saturated rings. The number of aromatic carboxylic acids is 1. The molecule has 27 heavy (non-hydrogen) atoms. The zero-order chi connectivity index (χ0) is 18.3. The molecule has 0 saturated carbocycles. The molecular weight excluding hydrogens is 415 g/mol. The van der Waals surface area contributed by atoms with Crippen LogP contribution in [0.25, 0.3) is 16.2 Å². The van der Waals surface area contributed by atoms with Gasteiger partial charge >= 0.3 is 5.97 Å². The number of halogens is 2. The third-order valence-electron chi connectivity index (χ3n) is 4.08. The van der Waals surface area contributed by atoms with Crippen LogP contribution in [0.5, 0.6) is 0 Å². The van der Waals surface area contributed by atoms with Gasteiger partial charge in [0, 0.05) is 42.4 Å². The molecule has 11 heteroatoms. The lowest BCUT2D eigenvalue weighted by Gasteiger charge is -2.28. The van der Waals surface area contributed by atoms with Gasteiger partial charge in [-0.15, -0.1) is 23.7 Å². The van der Waals surface area contributed by atoms with Crippen LogP contribution in [0, 0.1) is 5.82 Å². The van der Waals surface area contributed by atoms with E-state index in [1.165, 1.54) is 22.1 Å². The van der Waals surface area contributed by atoms with E-state index >= 15 is 0 Å². The maximum absolute atomic E-state index is 14.7. The highest BCUT2D eigenvalue weighted by atomic mass is 35.5. The van der Waals surface area contributed by atoms with Gasteiger partial charge in [-0.05, 0) is 6.07 Å². The summed E-state index contributed by atoms with van der Waals surface area (Å²) in [4.78, 5) is 34.3. The summed E-state index contributed by atoms with van der Waals surface area (Å²) in [7, 11) is 0. The smallest absolute Gasteiger partial charge is 0.341 e. The van der Waals surface area contributed by atoms with E-state index in [4.69, 9.17) is 0 Å². The quantitative estimate of drug-likeness (QED) is 0.686. The summed E-state index contributed by atoms with van der Waals surface area (Å²) in [6.07, 6.45) is 2.77. The summed E-state index contributed by atoms with van der Waals surface area (Å²) >= 11 is 3.06. The van der Waals surface area contributed by atoms with Crippen molar-refractivity contribution in [2.24, 2.45) is 0 Å². The Hall–Kier alpha value is -2.17. The van der Waals surface area contributed by atoms with Crippen molar-refractivity contribution in [3.8, 4) is 5.13 Å². The maximum atomic E-state index is 14.7. The largest absolute Gasteiger partial charge is 0.477 e. The average molecular weight is 429 g/mol. The van der Waals surface area contributed by atoms with Crippen molar-refractivity contribution in [1.29, 1.82) is 0 Å². The van der Waals surface area contributed by atoms with E-state index < -0.39 is 22.8 Å². The van der Waals surface area contributed by atoms with Gasteiger partial charge in [-0.2, -0.15) is 11.8 Å². The third kappa shape index (κ3) is 3.52. The molecule has 0 unspecified atom stereocenters. The van der Waals surface area contributed by atoms with E-state index in [1.54, 1.807) is 23.3 Å². The first-order chi connectivity index (χ1) is 12.6. The number of carbonyl (C=O) groups is 1. The second-order valence-electron chi connectivity index (χ2n) is 5.63. The molecule has 0 aliphatic carbocycles. The number of rotatable bonds is 3. The molecule has 1 aliphatic heterocycles. The summed E-state index contributed by atoms with van der Waals surface area (Å²) in [5.41, 5.74) is -1.01. The lowest BCUT2D eigenvalue weighted by molar-refractivity contribution is 0.0695. The average Bonchev–Trinajstić information content (AvgIpc) is 3.17. The molecule has 142 valence electrons. The van der Waals surface area contributed by atoms with Crippen LogP contribution < -0.4 is 10.3 Å². The van der Waals surface area contributed by atoms with Crippen LogP contribution in [-0.2, 0) is 0 Å². The predicted molar refractivity (Wildman–Crippen MR) is 107 cm³/mol. The molecule has 0 aromatic carbocycles. The Morgan fingerprint density at radius 2 is 2.04 bits per heavy atom. The number of hydrogen-bond acceptors (Lipinski definition) is 7. The zero-order valence-electron chi connectivity index (χ0n) is 13.8. The van der Waals surface area contributed by atoms with Gasteiger partial charge in [0.15, 0.2) is 22.4 Å². The maximum Gasteiger partial charge on any atom is 0.341 e. The number of pyridine rings is 2. The highest BCUT2D eigenvalue weighted by Crippen LogP contribution is 2.26. The molecule has 0 radical (unpaired) electrons. The summed E-state index contributed by atoms with van der Waals surface area (Å²) < 4.78 is 16.1. The second-order valence-corrected chi connectivity index (χ2v) is 7.72. The third-order valence-corrected chi connectivity index (χ3v) is 5.79. The van der Waals surface area contributed by atoms with Crippen LogP contribution >= 0.6 is 35.5 Å². The fraction of sp³-hybridized carbons (Fsp3) is 0.250. The van der Waals surface area contributed by atoms with Crippen LogP contribution in [0.1, 0.15) is 10.4 Å². The number of thioether (sulfide) groups is 1. The van der Waals surface area contributed by atoms with E-state index in [9.17, 15) is 19.1 Å². The fourth-order valence-corrected chi connectivity index (χ4v) is 4.37. The van der Waals surface area contributed by atoms with E-state index in [1.807, 2.05) is 4.90 Å². The number of aromatic nitrogens is 3. The van der Waals surface area contributed by atoms with Gasteiger partial charge in [-0.1, -0.05) is 0 Å². The van der Waals surface area contributed by atoms with E-state index in [0.29, 0.717) is 18.2 Å². The topological polar surface area (TPSA) is 88.3 Å². The molecule has 1 N–H and O–H groups in total. The highest BCUT2D eigenvalue weighted by Gasteiger charge is 2.22. The zero-order valence-corrected chi connectivity index (χ0v) is 16.2. The van der Waals surface area contributed by atoms with E-state index in [-0.39, 0.29) is 29.3 Å². The summed E-state index contributed by atoms with van der Waals surface area (Å²) in [5, 5.41) is 11.4. The number of carboxylic acid groups (broad SMARTS) is 1. The number of anilines is 1. The minimum atomic E-state index is -1.38. The minimum Gasteiger partial charge on any atom is -0.477 e. The Bertz CT molecular complexity index is 1050. The standard InChI is InChI=1S/C16H13FN4O3S2.ClH/c17-11-7-9-12(22)10(15(23)24)8-21(16-18-1-4-26-16)13(9)19-14(11)20-2-5-25-6-3-20;/h1,4,7-8H,2-3,5-6H2,(H,23,24);1H. The molecular formula is C16H14ClFN4O3S2. The first kappa shape index (κ1) is 19.6. The molecule has 0 atom stereocenters. The van der Waals surface area contributed by atoms with Crippen molar-refractivity contribution < 1.29 is 14.3 Å². The predicted octanol–water partition coefficient (Wildman–Crippen LogP) is 2.65. The van der Waals surface area contributed by atoms with Crippen molar-refractivity contribution in [3.63, 3.8) is 0 Å². The first-order valence-corrected chi connectivity index (χ1v) is 9.81. The van der Waals surface area contributed by atoms with Gasteiger partial charge in [0.05, 0.1) is 5.39 Å². The van der Waals surface area contributed by atoms with Crippen molar-refractivity contribution in [2.75, 3.05) is 29.5 Å². The summed E-state index contributed by atoms with van der Waals surface area (Å²) in [6, 6.07) is 1.08. The molecule has 0 spiro atoms. The first-order valence-electron chi connectivity index (χ1n) is 7.78. The minimum absolute atomic E-state index is 0. The number of fused-ring (bicyclic) bond motifs is 1. The Labute approximate surface area is 167 Å². The lowest BCUT2D eigenvalue weighted by Crippen LogP contribution is -2.34. The van der Waals surface area contributed by atoms with Gasteiger partial charge in [-0.25, -0.2) is 19.2 Å². The molecule has 4 heterocycles. The van der Waals surface area contributed by atoms with Crippen LogP contribution in [0.2, 0.25) is 0 Å². The lowest BCUT2D eigenvalue weighted by atomic mass is 10.2. The van der Waals surface area contributed by atoms with Crippen LogP contribution in [0.3, 0.4) is 0 Å². The number of hydrogen-bond donors (Lipinski definition) is 1.